The Hall–Kier alpha value is 0.310. The molecule has 0 saturated heterocycles. The third-order valence-electron chi connectivity index (χ3n) is 4.66. The average Bonchev–Trinajstić information content (AvgIpc) is 2.36. The van der Waals surface area contributed by atoms with Crippen molar-refractivity contribution >= 4 is 11.8 Å². The lowest BCUT2D eigenvalue weighted by Gasteiger charge is -2.38. The Kier molecular flexibility index (Phi) is 8.41. The molecule has 1 rings (SSSR count). The molecule has 1 nitrogen and oxygen atoms in total. The lowest BCUT2D eigenvalue weighted by atomic mass is 9.69. The quantitative estimate of drug-likeness (QED) is 0.656. The highest BCUT2D eigenvalue weighted by atomic mass is 32.2. The van der Waals surface area contributed by atoms with Crippen molar-refractivity contribution < 1.29 is 0 Å². The summed E-state index contributed by atoms with van der Waals surface area (Å²) in [4.78, 5) is 0. The molecule has 3 unspecified atom stereocenters. The molecular weight excluding hydrogens is 238 g/mol. The van der Waals surface area contributed by atoms with E-state index >= 15 is 0 Å². The fraction of sp³-hybridized carbons (Fsp3) is 1.00. The maximum absolute atomic E-state index is 3.41. The third-order valence-corrected chi connectivity index (χ3v) is 5.64. The van der Waals surface area contributed by atoms with E-state index in [0.717, 1.165) is 23.7 Å². The predicted octanol–water partition coefficient (Wildman–Crippen LogP) is 4.43. The van der Waals surface area contributed by atoms with Crippen LogP contribution >= 0.6 is 11.8 Å². The molecule has 0 aromatic rings. The van der Waals surface area contributed by atoms with Crippen LogP contribution in [0.15, 0.2) is 0 Å². The monoisotopic (exact) mass is 271 g/mol. The second-order valence-corrected chi connectivity index (χ2v) is 7.63. The Morgan fingerprint density at radius 1 is 1.22 bits per heavy atom. The summed E-state index contributed by atoms with van der Waals surface area (Å²) in [6.07, 6.45) is 7.29. The highest BCUT2D eigenvalue weighted by Gasteiger charge is 2.30. The minimum absolute atomic E-state index is 0.882. The van der Waals surface area contributed by atoms with E-state index in [2.05, 4.69) is 44.9 Å². The second-order valence-electron chi connectivity index (χ2n) is 6.23. The van der Waals surface area contributed by atoms with Gasteiger partial charge in [-0.15, -0.1) is 0 Å². The normalized spacial score (nSPS) is 28.8. The van der Waals surface area contributed by atoms with Gasteiger partial charge in [0.15, 0.2) is 0 Å². The van der Waals surface area contributed by atoms with Crippen LogP contribution in [0, 0.1) is 23.7 Å². The summed E-state index contributed by atoms with van der Waals surface area (Å²) in [5, 5.41) is 3.41. The van der Waals surface area contributed by atoms with Crippen LogP contribution in [0.3, 0.4) is 0 Å². The Morgan fingerprint density at radius 2 is 2.00 bits per heavy atom. The zero-order valence-corrected chi connectivity index (χ0v) is 13.7. The van der Waals surface area contributed by atoms with Crippen molar-refractivity contribution in [2.24, 2.45) is 23.7 Å². The molecule has 0 amide bonds. The van der Waals surface area contributed by atoms with E-state index in [1.165, 1.54) is 50.2 Å². The van der Waals surface area contributed by atoms with E-state index in [4.69, 9.17) is 0 Å². The highest BCUT2D eigenvalue weighted by molar-refractivity contribution is 7.99. The van der Waals surface area contributed by atoms with Crippen LogP contribution in [-0.2, 0) is 0 Å². The number of rotatable bonds is 8. The molecule has 0 aromatic carbocycles. The van der Waals surface area contributed by atoms with Crippen molar-refractivity contribution in [2.45, 2.75) is 52.9 Å². The molecule has 18 heavy (non-hydrogen) atoms. The van der Waals surface area contributed by atoms with Gasteiger partial charge in [0.25, 0.3) is 0 Å². The SMILES string of the molecule is CCSCCCC1CC(C(C)C)CCC1CNC. The molecule has 1 aliphatic carbocycles. The molecule has 108 valence electrons. The molecule has 3 atom stereocenters. The van der Waals surface area contributed by atoms with Crippen LogP contribution in [0.25, 0.3) is 0 Å². The Morgan fingerprint density at radius 3 is 2.61 bits per heavy atom. The Balaban J connectivity index is 2.39. The minimum Gasteiger partial charge on any atom is -0.319 e. The zero-order valence-electron chi connectivity index (χ0n) is 12.9. The van der Waals surface area contributed by atoms with Gasteiger partial charge in [0.05, 0.1) is 0 Å². The third kappa shape index (κ3) is 5.52. The van der Waals surface area contributed by atoms with Gasteiger partial charge in [-0.2, -0.15) is 11.8 Å². The van der Waals surface area contributed by atoms with Gasteiger partial charge >= 0.3 is 0 Å². The van der Waals surface area contributed by atoms with Gasteiger partial charge < -0.3 is 5.32 Å². The van der Waals surface area contributed by atoms with Crippen molar-refractivity contribution in [1.82, 2.24) is 5.32 Å². The molecule has 0 radical (unpaired) electrons. The fourth-order valence-electron chi connectivity index (χ4n) is 3.44. The molecule has 1 aliphatic rings. The lowest BCUT2D eigenvalue weighted by molar-refractivity contribution is 0.139. The topological polar surface area (TPSA) is 12.0 Å². The van der Waals surface area contributed by atoms with E-state index in [1.54, 1.807) is 0 Å². The number of thioether (sulfide) groups is 1. The summed E-state index contributed by atoms with van der Waals surface area (Å²) >= 11 is 2.10. The van der Waals surface area contributed by atoms with Crippen molar-refractivity contribution in [3.05, 3.63) is 0 Å². The van der Waals surface area contributed by atoms with Gasteiger partial charge in [0, 0.05) is 0 Å². The zero-order chi connectivity index (χ0) is 13.4. The van der Waals surface area contributed by atoms with Gasteiger partial charge in [0.2, 0.25) is 0 Å². The summed E-state index contributed by atoms with van der Waals surface area (Å²) in [5.74, 6) is 6.44. The fourth-order valence-corrected chi connectivity index (χ4v) is 4.10. The number of hydrogen-bond acceptors (Lipinski definition) is 2. The van der Waals surface area contributed by atoms with E-state index in [1.807, 2.05) is 0 Å². The number of nitrogens with one attached hydrogen (secondary N) is 1. The van der Waals surface area contributed by atoms with E-state index in [0.29, 0.717) is 0 Å². The van der Waals surface area contributed by atoms with Crippen LogP contribution in [0.4, 0.5) is 0 Å². The molecule has 0 aromatic heterocycles. The maximum Gasteiger partial charge on any atom is -0.00209 e. The first-order chi connectivity index (χ1) is 8.69. The summed E-state index contributed by atoms with van der Waals surface area (Å²) < 4.78 is 0. The number of hydrogen-bond donors (Lipinski definition) is 1. The second kappa shape index (κ2) is 9.25. The first-order valence-corrected chi connectivity index (χ1v) is 9.06. The molecular formula is C16H33NS. The summed E-state index contributed by atoms with van der Waals surface area (Å²) in [5.41, 5.74) is 0. The average molecular weight is 272 g/mol. The molecule has 0 heterocycles. The molecule has 1 N–H and O–H groups in total. The summed E-state index contributed by atoms with van der Waals surface area (Å²) in [6.45, 7) is 8.32. The first-order valence-electron chi connectivity index (χ1n) is 7.91. The smallest absolute Gasteiger partial charge is 0.00209 e. The summed E-state index contributed by atoms with van der Waals surface area (Å²) in [7, 11) is 2.11. The van der Waals surface area contributed by atoms with Gasteiger partial charge in [0.1, 0.15) is 0 Å². The van der Waals surface area contributed by atoms with E-state index < -0.39 is 0 Å². The molecule has 0 spiro atoms. The van der Waals surface area contributed by atoms with Crippen LogP contribution in [0.5, 0.6) is 0 Å². The van der Waals surface area contributed by atoms with Gasteiger partial charge in [-0.25, -0.2) is 0 Å². The van der Waals surface area contributed by atoms with Crippen LogP contribution in [0.1, 0.15) is 52.9 Å². The van der Waals surface area contributed by atoms with Gasteiger partial charge in [-0.05, 0) is 80.9 Å². The van der Waals surface area contributed by atoms with E-state index in [-0.39, 0.29) is 0 Å². The molecule has 0 bridgehead atoms. The van der Waals surface area contributed by atoms with Crippen molar-refractivity contribution in [3.63, 3.8) is 0 Å². The van der Waals surface area contributed by atoms with E-state index in [9.17, 15) is 0 Å². The Labute approximate surface area is 119 Å². The molecule has 1 saturated carbocycles. The van der Waals surface area contributed by atoms with Gasteiger partial charge in [-0.1, -0.05) is 20.8 Å². The largest absolute Gasteiger partial charge is 0.319 e. The van der Waals surface area contributed by atoms with Crippen molar-refractivity contribution in [2.75, 3.05) is 25.1 Å². The van der Waals surface area contributed by atoms with Crippen LogP contribution in [0.2, 0.25) is 0 Å². The molecule has 1 fully saturated rings. The predicted molar refractivity (Wildman–Crippen MR) is 85.3 cm³/mol. The Bertz CT molecular complexity index is 205. The molecule has 2 heteroatoms. The molecule has 0 aliphatic heterocycles. The first kappa shape index (κ1) is 16.4. The maximum atomic E-state index is 3.41. The van der Waals surface area contributed by atoms with Crippen molar-refractivity contribution in [3.8, 4) is 0 Å². The minimum atomic E-state index is 0.882. The highest BCUT2D eigenvalue weighted by Crippen LogP contribution is 2.39. The van der Waals surface area contributed by atoms with Crippen molar-refractivity contribution in [1.29, 1.82) is 0 Å². The summed E-state index contributed by atoms with van der Waals surface area (Å²) in [6, 6.07) is 0. The van der Waals surface area contributed by atoms with Gasteiger partial charge in [-0.3, -0.25) is 0 Å². The standard InChI is InChI=1S/C16H33NS/c1-5-18-10-6-7-15-11-14(13(2)3)8-9-16(15)12-17-4/h13-17H,5-12H2,1-4H3. The lowest BCUT2D eigenvalue weighted by Crippen LogP contribution is -2.33. The van der Waals surface area contributed by atoms with Crippen LogP contribution < -0.4 is 5.32 Å². The van der Waals surface area contributed by atoms with Crippen LogP contribution in [-0.4, -0.2) is 25.1 Å².